The number of para-hydroxylation sites is 1. The number of benzene rings is 3. The lowest BCUT2D eigenvalue weighted by molar-refractivity contribution is -0.384. The zero-order valence-corrected chi connectivity index (χ0v) is 22.0. The Morgan fingerprint density at radius 2 is 1.84 bits per heavy atom. The predicted octanol–water partition coefficient (Wildman–Crippen LogP) is 6.25. The summed E-state index contributed by atoms with van der Waals surface area (Å²) in [4.78, 5) is 41.1. The monoisotopic (exact) mass is 548 g/mol. The molecule has 0 saturated heterocycles. The molecule has 0 bridgehead atoms. The topological polar surface area (TPSA) is 123 Å². The standard InChI is InChI=1S/C27H24N4O5S2/c1-2-24(26(33)30-27-29-23(17-37-27)18-8-6-10-20(14-18)31(34)35)38-22-13-7-9-19(15-22)28-25(32)16-36-21-11-4-3-5-12-21/h3-15,17,24H,2,16H2,1H3,(H,28,32)(H,29,30,33). The minimum absolute atomic E-state index is 0.0225. The molecule has 9 nitrogen and oxygen atoms in total. The average molecular weight is 549 g/mol. The highest BCUT2D eigenvalue weighted by Gasteiger charge is 2.20. The maximum atomic E-state index is 13.0. The molecule has 1 aromatic heterocycles. The van der Waals surface area contributed by atoms with Crippen molar-refractivity contribution in [3.8, 4) is 17.0 Å². The van der Waals surface area contributed by atoms with Crippen LogP contribution in [0.15, 0.2) is 89.1 Å². The van der Waals surface area contributed by atoms with E-state index < -0.39 is 10.2 Å². The number of carbonyl (C=O) groups is 2. The van der Waals surface area contributed by atoms with Crippen LogP contribution in [-0.4, -0.2) is 33.6 Å². The molecule has 2 N–H and O–H groups in total. The van der Waals surface area contributed by atoms with Gasteiger partial charge in [-0.05, 0) is 36.8 Å². The fraction of sp³-hybridized carbons (Fsp3) is 0.148. The van der Waals surface area contributed by atoms with Gasteiger partial charge < -0.3 is 15.4 Å². The normalized spacial score (nSPS) is 11.4. The lowest BCUT2D eigenvalue weighted by Crippen LogP contribution is -2.24. The van der Waals surface area contributed by atoms with Crippen molar-refractivity contribution in [3.63, 3.8) is 0 Å². The number of carbonyl (C=O) groups excluding carboxylic acids is 2. The Hall–Kier alpha value is -4.22. The number of thioether (sulfide) groups is 1. The Balaban J connectivity index is 1.34. The van der Waals surface area contributed by atoms with Crippen molar-refractivity contribution in [2.45, 2.75) is 23.5 Å². The van der Waals surface area contributed by atoms with Crippen LogP contribution in [0.5, 0.6) is 5.75 Å². The number of rotatable bonds is 11. The van der Waals surface area contributed by atoms with Crippen LogP contribution in [0.3, 0.4) is 0 Å². The molecule has 11 heteroatoms. The highest BCUT2D eigenvalue weighted by atomic mass is 32.2. The number of hydrogen-bond donors (Lipinski definition) is 2. The first-order valence-corrected chi connectivity index (χ1v) is 13.4. The number of nitrogens with zero attached hydrogens (tertiary/aromatic N) is 2. The third-order valence-corrected chi connectivity index (χ3v) is 7.38. The van der Waals surface area contributed by atoms with E-state index in [9.17, 15) is 19.7 Å². The van der Waals surface area contributed by atoms with Gasteiger partial charge in [-0.15, -0.1) is 23.1 Å². The zero-order valence-electron chi connectivity index (χ0n) is 20.3. The van der Waals surface area contributed by atoms with E-state index in [1.807, 2.05) is 43.3 Å². The summed E-state index contributed by atoms with van der Waals surface area (Å²) in [6, 6.07) is 22.6. The Labute approximate surface area is 227 Å². The maximum Gasteiger partial charge on any atom is 0.270 e. The lowest BCUT2D eigenvalue weighted by atomic mass is 10.1. The fourth-order valence-corrected chi connectivity index (χ4v) is 5.16. The summed E-state index contributed by atoms with van der Waals surface area (Å²) in [5.74, 6) is 0.119. The summed E-state index contributed by atoms with van der Waals surface area (Å²) >= 11 is 2.64. The number of nitrogens with one attached hydrogen (secondary N) is 2. The number of thiazole rings is 1. The van der Waals surface area contributed by atoms with Crippen molar-refractivity contribution in [3.05, 3.63) is 94.4 Å². The summed E-state index contributed by atoms with van der Waals surface area (Å²) in [6.07, 6.45) is 0.571. The lowest BCUT2D eigenvalue weighted by Gasteiger charge is -2.14. The van der Waals surface area contributed by atoms with Crippen molar-refractivity contribution in [2.24, 2.45) is 0 Å². The highest BCUT2D eigenvalue weighted by Crippen LogP contribution is 2.31. The summed E-state index contributed by atoms with van der Waals surface area (Å²) in [5.41, 5.74) is 1.74. The summed E-state index contributed by atoms with van der Waals surface area (Å²) < 4.78 is 5.48. The van der Waals surface area contributed by atoms with Gasteiger partial charge in [-0.25, -0.2) is 4.98 Å². The van der Waals surface area contributed by atoms with Crippen LogP contribution in [0.2, 0.25) is 0 Å². The SMILES string of the molecule is CCC(Sc1cccc(NC(=O)COc2ccccc2)c1)C(=O)Nc1nc(-c2cccc([N+](=O)[O-])c2)cs1. The van der Waals surface area contributed by atoms with Crippen molar-refractivity contribution in [1.82, 2.24) is 4.98 Å². The molecule has 0 spiro atoms. The average Bonchev–Trinajstić information content (AvgIpc) is 3.40. The zero-order chi connectivity index (χ0) is 26.9. The van der Waals surface area contributed by atoms with Crippen molar-refractivity contribution in [1.29, 1.82) is 0 Å². The molecular formula is C27H24N4O5S2. The van der Waals surface area contributed by atoms with Gasteiger partial charge in [-0.3, -0.25) is 19.7 Å². The van der Waals surface area contributed by atoms with Gasteiger partial charge in [0.15, 0.2) is 11.7 Å². The van der Waals surface area contributed by atoms with E-state index in [-0.39, 0.29) is 24.1 Å². The van der Waals surface area contributed by atoms with Crippen LogP contribution in [0.25, 0.3) is 11.3 Å². The molecule has 194 valence electrons. The van der Waals surface area contributed by atoms with E-state index in [0.29, 0.717) is 34.2 Å². The van der Waals surface area contributed by atoms with Crippen LogP contribution in [0.1, 0.15) is 13.3 Å². The molecule has 4 aromatic rings. The molecule has 4 rings (SSSR count). The molecule has 0 fully saturated rings. The molecule has 0 saturated carbocycles. The molecule has 2 amide bonds. The second-order valence-corrected chi connectivity index (χ2v) is 10.2. The minimum Gasteiger partial charge on any atom is -0.484 e. The van der Waals surface area contributed by atoms with Crippen molar-refractivity contribution < 1.29 is 19.2 Å². The van der Waals surface area contributed by atoms with Crippen LogP contribution in [0.4, 0.5) is 16.5 Å². The molecule has 1 unspecified atom stereocenters. The third-order valence-electron chi connectivity index (χ3n) is 5.26. The quantitative estimate of drug-likeness (QED) is 0.129. The first-order chi connectivity index (χ1) is 18.4. The number of ether oxygens (including phenoxy) is 1. The largest absolute Gasteiger partial charge is 0.484 e. The number of nitro groups is 1. The van der Waals surface area contributed by atoms with Crippen LogP contribution in [0, 0.1) is 10.1 Å². The van der Waals surface area contributed by atoms with Gasteiger partial charge in [0.05, 0.1) is 15.9 Å². The number of nitro benzene ring substituents is 1. The number of amides is 2. The van der Waals surface area contributed by atoms with Gasteiger partial charge in [0, 0.05) is 33.7 Å². The van der Waals surface area contributed by atoms with Gasteiger partial charge in [-0.2, -0.15) is 0 Å². The summed E-state index contributed by atoms with van der Waals surface area (Å²) in [7, 11) is 0. The van der Waals surface area contributed by atoms with E-state index >= 15 is 0 Å². The Kier molecular flexibility index (Phi) is 9.07. The minimum atomic E-state index is -0.458. The van der Waals surface area contributed by atoms with Gasteiger partial charge in [-0.1, -0.05) is 43.3 Å². The molecule has 3 aromatic carbocycles. The molecule has 0 aliphatic heterocycles. The molecule has 0 aliphatic rings. The Morgan fingerprint density at radius 3 is 2.61 bits per heavy atom. The van der Waals surface area contributed by atoms with Gasteiger partial charge in [0.25, 0.3) is 11.6 Å². The van der Waals surface area contributed by atoms with Crippen LogP contribution in [-0.2, 0) is 9.59 Å². The second-order valence-electron chi connectivity index (χ2n) is 8.03. The van der Waals surface area contributed by atoms with E-state index in [1.54, 1.807) is 35.7 Å². The predicted molar refractivity (Wildman–Crippen MR) is 150 cm³/mol. The smallest absolute Gasteiger partial charge is 0.270 e. The number of aromatic nitrogens is 1. The number of hydrogen-bond acceptors (Lipinski definition) is 8. The fourth-order valence-electron chi connectivity index (χ4n) is 3.42. The van der Waals surface area contributed by atoms with Gasteiger partial charge in [0.1, 0.15) is 5.75 Å². The van der Waals surface area contributed by atoms with E-state index in [1.165, 1.54) is 35.2 Å². The van der Waals surface area contributed by atoms with E-state index in [2.05, 4.69) is 15.6 Å². The van der Waals surface area contributed by atoms with E-state index in [0.717, 1.165) is 4.90 Å². The molecule has 0 aliphatic carbocycles. The Bertz CT molecular complexity index is 1430. The van der Waals surface area contributed by atoms with E-state index in [4.69, 9.17) is 4.74 Å². The first-order valence-electron chi connectivity index (χ1n) is 11.7. The molecule has 1 atom stereocenters. The summed E-state index contributed by atoms with van der Waals surface area (Å²) in [5, 5.41) is 18.5. The second kappa shape index (κ2) is 12.8. The van der Waals surface area contributed by atoms with Crippen LogP contribution < -0.4 is 15.4 Å². The van der Waals surface area contributed by atoms with Crippen molar-refractivity contribution >= 4 is 51.4 Å². The van der Waals surface area contributed by atoms with Crippen molar-refractivity contribution in [2.75, 3.05) is 17.2 Å². The highest BCUT2D eigenvalue weighted by molar-refractivity contribution is 8.00. The maximum absolute atomic E-state index is 13.0. The number of non-ortho nitro benzene ring substituents is 1. The van der Waals surface area contributed by atoms with Gasteiger partial charge >= 0.3 is 0 Å². The first kappa shape index (κ1) is 26.8. The Morgan fingerprint density at radius 1 is 1.05 bits per heavy atom. The van der Waals surface area contributed by atoms with Gasteiger partial charge in [0.2, 0.25) is 5.91 Å². The third kappa shape index (κ3) is 7.40. The van der Waals surface area contributed by atoms with Crippen LogP contribution >= 0.6 is 23.1 Å². The number of anilines is 2. The molecule has 0 radical (unpaired) electrons. The summed E-state index contributed by atoms with van der Waals surface area (Å²) in [6.45, 7) is 1.80. The molecule has 1 heterocycles. The molecular weight excluding hydrogens is 524 g/mol. The molecule has 38 heavy (non-hydrogen) atoms.